The normalized spacial score (nSPS) is 19.2. The summed E-state index contributed by atoms with van der Waals surface area (Å²) in [5.74, 6) is 0. The topological polar surface area (TPSA) is 21.6 Å². The number of nitrogens with zero attached hydrogens (tertiary/aromatic N) is 1. The molecule has 28 heavy (non-hydrogen) atoms. The third-order valence-corrected chi connectivity index (χ3v) is 7.31. The van der Waals surface area contributed by atoms with Crippen molar-refractivity contribution in [2.75, 3.05) is 7.05 Å². The summed E-state index contributed by atoms with van der Waals surface area (Å²) in [6, 6.07) is 19.1. The summed E-state index contributed by atoms with van der Waals surface area (Å²) in [6.45, 7) is 5.32. The van der Waals surface area contributed by atoms with E-state index in [4.69, 9.17) is 4.74 Å². The zero-order valence-electron chi connectivity index (χ0n) is 17.1. The number of ether oxygens (including phenoxy) is 1. The highest BCUT2D eigenvalue weighted by Crippen LogP contribution is 2.44. The summed E-state index contributed by atoms with van der Waals surface area (Å²) in [5, 5.41) is 1.44. The minimum absolute atomic E-state index is 0.0732. The van der Waals surface area contributed by atoms with E-state index < -0.39 is 0 Å². The van der Waals surface area contributed by atoms with Gasteiger partial charge < -0.3 is 4.74 Å². The van der Waals surface area contributed by atoms with E-state index in [9.17, 15) is 0 Å². The Labute approximate surface area is 171 Å². The highest BCUT2D eigenvalue weighted by atomic mass is 31.1. The lowest BCUT2D eigenvalue weighted by atomic mass is 9.88. The number of hydrogen-bond acceptors (Lipinski definition) is 2. The van der Waals surface area contributed by atoms with Crippen LogP contribution >= 0.6 is 8.58 Å². The van der Waals surface area contributed by atoms with Crippen LogP contribution in [0.25, 0.3) is 0 Å². The molecule has 1 aliphatic carbocycles. The zero-order chi connectivity index (χ0) is 19.8. The summed E-state index contributed by atoms with van der Waals surface area (Å²) < 4.78 is 6.40. The van der Waals surface area contributed by atoms with E-state index in [0.717, 1.165) is 12.8 Å². The number of hydrogen-bond donors (Lipinski definition) is 0. The molecule has 2 aromatic carbocycles. The lowest BCUT2D eigenvalue weighted by Crippen LogP contribution is -2.33. The predicted molar refractivity (Wildman–Crippen MR) is 123 cm³/mol. The first-order valence-corrected chi connectivity index (χ1v) is 11.0. The Hall–Kier alpha value is -2.02. The van der Waals surface area contributed by atoms with Gasteiger partial charge in [0.05, 0.1) is 12.7 Å². The Kier molecular flexibility index (Phi) is 7.36. The van der Waals surface area contributed by atoms with Gasteiger partial charge in [-0.3, -0.25) is 4.99 Å². The minimum atomic E-state index is 0.0732. The van der Waals surface area contributed by atoms with Crippen LogP contribution in [0.1, 0.15) is 37.8 Å². The first-order valence-electron chi connectivity index (χ1n) is 9.98. The Morgan fingerprint density at radius 2 is 1.89 bits per heavy atom. The van der Waals surface area contributed by atoms with Crippen molar-refractivity contribution in [1.82, 2.24) is 0 Å². The van der Waals surface area contributed by atoms with E-state index in [1.165, 1.54) is 22.0 Å². The molecule has 0 aliphatic heterocycles. The van der Waals surface area contributed by atoms with Crippen molar-refractivity contribution in [3.63, 3.8) is 0 Å². The second-order valence-electron chi connectivity index (χ2n) is 7.36. The molecular weight excluding hydrogens is 361 g/mol. The Morgan fingerprint density at radius 3 is 2.64 bits per heavy atom. The highest BCUT2D eigenvalue weighted by molar-refractivity contribution is 7.49. The average molecular weight is 391 g/mol. The van der Waals surface area contributed by atoms with Crippen molar-refractivity contribution in [2.45, 2.75) is 44.6 Å². The van der Waals surface area contributed by atoms with Crippen LogP contribution in [0.3, 0.4) is 0 Å². The molecule has 3 rings (SSSR count). The maximum atomic E-state index is 6.40. The molecule has 0 aromatic heterocycles. The molecule has 3 heteroatoms. The molecule has 146 valence electrons. The van der Waals surface area contributed by atoms with Gasteiger partial charge in [-0.15, -0.1) is 0 Å². The van der Waals surface area contributed by atoms with Crippen molar-refractivity contribution in [1.29, 1.82) is 0 Å². The average Bonchev–Trinajstić information content (AvgIpc) is 2.75. The quantitative estimate of drug-likeness (QED) is 0.419. The molecule has 0 saturated carbocycles. The minimum Gasteiger partial charge on any atom is -0.369 e. The highest BCUT2D eigenvalue weighted by Gasteiger charge is 2.34. The van der Waals surface area contributed by atoms with Gasteiger partial charge in [-0.1, -0.05) is 95.3 Å². The van der Waals surface area contributed by atoms with Gasteiger partial charge in [0.1, 0.15) is 0 Å². The van der Waals surface area contributed by atoms with Gasteiger partial charge in [0.2, 0.25) is 0 Å². The molecule has 0 spiro atoms. The second kappa shape index (κ2) is 9.96. The molecule has 0 fully saturated rings. The van der Waals surface area contributed by atoms with Crippen molar-refractivity contribution < 1.29 is 4.74 Å². The molecule has 2 aromatic rings. The van der Waals surface area contributed by atoms with Gasteiger partial charge in [-0.2, -0.15) is 0 Å². The summed E-state index contributed by atoms with van der Waals surface area (Å²) in [5.41, 5.74) is 3.85. The number of aliphatic imine (C=N–C) groups is 1. The van der Waals surface area contributed by atoms with Gasteiger partial charge >= 0.3 is 0 Å². The third kappa shape index (κ3) is 5.07. The van der Waals surface area contributed by atoms with Gasteiger partial charge in [0.25, 0.3) is 0 Å². The van der Waals surface area contributed by atoms with Crippen LogP contribution in [0.5, 0.6) is 0 Å². The summed E-state index contributed by atoms with van der Waals surface area (Å²) in [7, 11) is 2.51. The maximum Gasteiger partial charge on any atom is 0.0835 e. The van der Waals surface area contributed by atoms with E-state index in [-0.39, 0.29) is 11.3 Å². The molecule has 2 nitrogen and oxygen atoms in total. The van der Waals surface area contributed by atoms with Crippen molar-refractivity contribution in [3.8, 4) is 0 Å². The van der Waals surface area contributed by atoms with Crippen LogP contribution in [0.15, 0.2) is 83.4 Å². The first kappa shape index (κ1) is 20.7. The first-order chi connectivity index (χ1) is 13.7. The van der Waals surface area contributed by atoms with Crippen molar-refractivity contribution >= 4 is 20.1 Å². The van der Waals surface area contributed by atoms with Crippen LogP contribution in [0, 0.1) is 0 Å². The number of allylic oxidation sites excluding steroid dienone is 2. The second-order valence-corrected chi connectivity index (χ2v) is 9.25. The van der Waals surface area contributed by atoms with Crippen LogP contribution in [-0.4, -0.2) is 24.5 Å². The Morgan fingerprint density at radius 1 is 1.14 bits per heavy atom. The van der Waals surface area contributed by atoms with E-state index in [2.05, 4.69) is 85.6 Å². The number of rotatable bonds is 8. The van der Waals surface area contributed by atoms with Crippen LogP contribution in [-0.2, 0) is 11.3 Å². The van der Waals surface area contributed by atoms with E-state index in [1.54, 1.807) is 0 Å². The fraction of sp³-hybridized carbons (Fsp3) is 0.320. The molecule has 0 amide bonds. The fourth-order valence-corrected chi connectivity index (χ4v) is 5.23. The molecule has 3 atom stereocenters. The zero-order valence-corrected chi connectivity index (χ0v) is 18.1. The molecule has 0 heterocycles. The lowest BCUT2D eigenvalue weighted by molar-refractivity contribution is 0.0608. The van der Waals surface area contributed by atoms with Crippen LogP contribution in [0.2, 0.25) is 0 Å². The summed E-state index contributed by atoms with van der Waals surface area (Å²) in [6.07, 6.45) is 10.8. The van der Waals surface area contributed by atoms with Gasteiger partial charge in [-0.25, -0.2) is 0 Å². The molecule has 1 aliphatic rings. The molecule has 0 N–H and O–H groups in total. The van der Waals surface area contributed by atoms with E-state index in [1.807, 2.05) is 19.3 Å². The summed E-state index contributed by atoms with van der Waals surface area (Å²) >= 11 is 0. The Bertz CT molecular complexity index is 856. The molecule has 0 saturated heterocycles. The monoisotopic (exact) mass is 391 g/mol. The Balaban J connectivity index is 1.82. The number of benzene rings is 2. The smallest absolute Gasteiger partial charge is 0.0835 e. The van der Waals surface area contributed by atoms with Gasteiger partial charge in [0.15, 0.2) is 0 Å². The van der Waals surface area contributed by atoms with Crippen LogP contribution < -0.4 is 5.30 Å². The largest absolute Gasteiger partial charge is 0.369 e. The lowest BCUT2D eigenvalue weighted by Gasteiger charge is -2.37. The standard InChI is InChI=1S/C25H30NOP/c1-4-25(2,28-24-17-11-8-14-21(24)18-26-3)22-15-9-10-16-23(22)27-19-20-12-6-5-7-13-20/h5-15,17-18,23,28H,4,16,19H2,1-3H3. The summed E-state index contributed by atoms with van der Waals surface area (Å²) in [4.78, 5) is 4.24. The van der Waals surface area contributed by atoms with Crippen molar-refractivity contribution in [2.24, 2.45) is 4.99 Å². The predicted octanol–water partition coefficient (Wildman–Crippen LogP) is 5.68. The fourth-order valence-electron chi connectivity index (χ4n) is 3.60. The molecule has 3 unspecified atom stereocenters. The molecular formula is C25H30NOP. The third-order valence-electron chi connectivity index (χ3n) is 5.39. The van der Waals surface area contributed by atoms with Gasteiger partial charge in [-0.05, 0) is 34.8 Å². The van der Waals surface area contributed by atoms with Gasteiger partial charge in [0, 0.05) is 18.4 Å². The molecule has 0 bridgehead atoms. The van der Waals surface area contributed by atoms with E-state index in [0.29, 0.717) is 15.2 Å². The SMILES string of the molecule is CCC(C)(Pc1ccccc1C=NC)C1=CC=CCC1OCc1ccccc1. The molecule has 0 radical (unpaired) electrons. The van der Waals surface area contributed by atoms with Crippen molar-refractivity contribution in [3.05, 3.63) is 89.5 Å². The van der Waals surface area contributed by atoms with E-state index >= 15 is 0 Å². The van der Waals surface area contributed by atoms with Crippen LogP contribution in [0.4, 0.5) is 0 Å². The maximum absolute atomic E-state index is 6.40.